The fourth-order valence-electron chi connectivity index (χ4n) is 6.23. The number of pyridine rings is 1. The molecule has 6 heteroatoms. The Morgan fingerprint density at radius 3 is 2.26 bits per heavy atom. The SMILES string of the molecule is CC(C)c1cccc(C(C)C)c1-n1c(-c2[c-]ccc3c2sc2cc(F)ccc23)nc2ccccc21.[2H]C([2H])([2H])c1cnc(-c2[c-]cccc2)cc1C([2H])([2H])[2H].[Ir]. The number of hydrogen-bond acceptors (Lipinski definition) is 3. The van der Waals surface area contributed by atoms with E-state index in [0.29, 0.717) is 23.1 Å². The van der Waals surface area contributed by atoms with Crippen molar-refractivity contribution in [3.8, 4) is 28.3 Å². The summed E-state index contributed by atoms with van der Waals surface area (Å²) in [5.74, 6) is 1.36. The number of benzene rings is 5. The normalized spacial score (nSPS) is 13.6. The first kappa shape index (κ1) is 28.2. The molecule has 0 aliphatic carbocycles. The van der Waals surface area contributed by atoms with Gasteiger partial charge >= 0.3 is 0 Å². The molecule has 0 aliphatic rings. The largest absolute Gasteiger partial charge is 0.333 e. The Hall–Kier alpha value is -4.48. The third-order valence-electron chi connectivity index (χ3n) is 8.63. The Labute approximate surface area is 319 Å². The van der Waals surface area contributed by atoms with E-state index in [1.165, 1.54) is 28.9 Å². The van der Waals surface area contributed by atoms with Gasteiger partial charge in [-0.15, -0.1) is 54.1 Å². The second-order valence-corrected chi connectivity index (χ2v) is 13.6. The van der Waals surface area contributed by atoms with E-state index in [1.54, 1.807) is 41.7 Å². The summed E-state index contributed by atoms with van der Waals surface area (Å²) in [4.78, 5) is 9.21. The summed E-state index contributed by atoms with van der Waals surface area (Å²) in [5, 5.41) is 2.17. The van der Waals surface area contributed by atoms with Crippen LogP contribution in [0.25, 0.3) is 59.5 Å². The molecule has 0 saturated heterocycles. The van der Waals surface area contributed by atoms with Gasteiger partial charge in [-0.25, -0.2) is 4.39 Å². The van der Waals surface area contributed by atoms with Crippen molar-refractivity contribution in [2.45, 2.75) is 53.2 Å². The number of halogens is 1. The molecule has 0 amide bonds. The number of para-hydroxylation sites is 3. The van der Waals surface area contributed by atoms with Gasteiger partial charge in [-0.1, -0.05) is 86.7 Å². The molecular formula is C44H38FIrN3S-2. The van der Waals surface area contributed by atoms with Crippen LogP contribution < -0.4 is 0 Å². The zero-order valence-corrected chi connectivity index (χ0v) is 31.2. The fourth-order valence-corrected chi connectivity index (χ4v) is 7.45. The summed E-state index contributed by atoms with van der Waals surface area (Å²) in [5.41, 5.74) is 7.37. The summed E-state index contributed by atoms with van der Waals surface area (Å²) in [6.45, 7) is 3.97. The van der Waals surface area contributed by atoms with Gasteiger partial charge < -0.3 is 9.55 Å². The quantitative estimate of drug-likeness (QED) is 0.161. The molecule has 253 valence electrons. The van der Waals surface area contributed by atoms with E-state index in [9.17, 15) is 4.39 Å². The van der Waals surface area contributed by atoms with Crippen molar-refractivity contribution in [2.75, 3.05) is 0 Å². The van der Waals surface area contributed by atoms with Gasteiger partial charge in [0.05, 0.1) is 16.9 Å². The van der Waals surface area contributed by atoms with Gasteiger partial charge in [0, 0.05) is 44.9 Å². The van der Waals surface area contributed by atoms with Crippen LogP contribution in [0, 0.1) is 31.7 Å². The number of nitrogens with zero attached hydrogens (tertiary/aromatic N) is 3. The third kappa shape index (κ3) is 6.68. The molecule has 0 bridgehead atoms. The number of hydrogen-bond donors (Lipinski definition) is 0. The van der Waals surface area contributed by atoms with Gasteiger partial charge in [-0.2, -0.15) is 11.3 Å². The molecule has 0 unspecified atom stereocenters. The maximum absolute atomic E-state index is 14.0. The van der Waals surface area contributed by atoms with Gasteiger partial charge in [0.15, 0.2) is 0 Å². The van der Waals surface area contributed by atoms with Crippen LogP contribution in [0.15, 0.2) is 109 Å². The molecule has 3 nitrogen and oxygen atoms in total. The molecule has 3 heterocycles. The van der Waals surface area contributed by atoms with Crippen molar-refractivity contribution in [2.24, 2.45) is 0 Å². The van der Waals surface area contributed by atoms with E-state index in [-0.39, 0.29) is 37.0 Å². The minimum Gasteiger partial charge on any atom is -0.333 e. The van der Waals surface area contributed by atoms with Gasteiger partial charge in [0.1, 0.15) is 5.82 Å². The fraction of sp³-hybridized carbons (Fsp3) is 0.182. The van der Waals surface area contributed by atoms with Crippen molar-refractivity contribution >= 4 is 42.5 Å². The van der Waals surface area contributed by atoms with Gasteiger partial charge in [0.25, 0.3) is 0 Å². The van der Waals surface area contributed by atoms with E-state index in [0.717, 1.165) is 48.8 Å². The molecular weight excluding hydrogens is 814 g/mol. The van der Waals surface area contributed by atoms with Crippen molar-refractivity contribution in [3.05, 3.63) is 150 Å². The van der Waals surface area contributed by atoms with Crippen LogP contribution in [-0.4, -0.2) is 14.5 Å². The molecule has 0 spiro atoms. The molecule has 5 aromatic carbocycles. The Morgan fingerprint density at radius 1 is 0.780 bits per heavy atom. The first-order valence-electron chi connectivity index (χ1n) is 19.2. The van der Waals surface area contributed by atoms with E-state index < -0.39 is 13.7 Å². The first-order chi connectivity index (χ1) is 26.1. The van der Waals surface area contributed by atoms with Crippen LogP contribution in [0.2, 0.25) is 0 Å². The molecule has 8 rings (SSSR count). The summed E-state index contributed by atoms with van der Waals surface area (Å²) in [6, 6.07) is 38.8. The van der Waals surface area contributed by atoms with E-state index in [1.807, 2.05) is 18.2 Å². The number of aryl methyl sites for hydroxylation is 2. The van der Waals surface area contributed by atoms with E-state index in [4.69, 9.17) is 13.2 Å². The monoisotopic (exact) mass is 858 g/mol. The smallest absolute Gasteiger partial charge is 0.124 e. The number of fused-ring (bicyclic) bond motifs is 4. The van der Waals surface area contributed by atoms with Gasteiger partial charge in [-0.3, -0.25) is 4.98 Å². The summed E-state index contributed by atoms with van der Waals surface area (Å²) in [7, 11) is 0. The van der Waals surface area contributed by atoms with Crippen molar-refractivity contribution in [1.29, 1.82) is 0 Å². The predicted molar refractivity (Wildman–Crippen MR) is 204 cm³/mol. The number of aromatic nitrogens is 3. The van der Waals surface area contributed by atoms with Crippen LogP contribution in [-0.2, 0) is 20.1 Å². The summed E-state index contributed by atoms with van der Waals surface area (Å²) in [6.07, 6.45) is 1.12. The maximum atomic E-state index is 14.0. The zero-order chi connectivity index (χ0) is 39.2. The second-order valence-electron chi connectivity index (χ2n) is 12.6. The topological polar surface area (TPSA) is 30.7 Å². The number of imidazole rings is 1. The Kier molecular flexibility index (Phi) is 8.35. The third-order valence-corrected chi connectivity index (χ3v) is 9.82. The maximum Gasteiger partial charge on any atom is 0.124 e. The Bertz CT molecular complexity index is 2640. The summed E-state index contributed by atoms with van der Waals surface area (Å²) >= 11 is 1.61. The molecule has 0 atom stereocenters. The molecule has 0 saturated carbocycles. The van der Waals surface area contributed by atoms with Crippen LogP contribution in [0.5, 0.6) is 0 Å². The molecule has 0 N–H and O–H groups in total. The predicted octanol–water partition coefficient (Wildman–Crippen LogP) is 12.4. The van der Waals surface area contributed by atoms with Crippen LogP contribution in [0.1, 0.15) is 70.0 Å². The standard InChI is InChI=1S/C31H26FN2S.C13H12N.Ir/c1-18(2)21-9-7-10-22(19(3)4)29(21)34-27-14-6-5-13-26(27)33-31(34)25-12-8-11-24-23-16-15-20(32)17-28(23)35-30(24)25;1-10-8-13(14-9-11(10)2)12-6-4-3-5-7-12;/h5-11,13-19H,1-4H3;3-6,8-9H,1-2H3;/q2*-1;/i;1D3,2D3;. The Balaban J connectivity index is 0.000000217. The van der Waals surface area contributed by atoms with E-state index in [2.05, 4.69) is 91.8 Å². The molecule has 0 fully saturated rings. The second kappa shape index (κ2) is 14.8. The van der Waals surface area contributed by atoms with E-state index >= 15 is 0 Å². The van der Waals surface area contributed by atoms with Gasteiger partial charge in [-0.05, 0) is 82.3 Å². The average Bonchev–Trinajstić information content (AvgIpc) is 3.72. The van der Waals surface area contributed by atoms with Crippen LogP contribution in [0.4, 0.5) is 4.39 Å². The molecule has 3 aromatic heterocycles. The number of thiophene rings is 1. The Morgan fingerprint density at radius 2 is 1.54 bits per heavy atom. The number of rotatable bonds is 5. The average molecular weight is 858 g/mol. The molecule has 1 radical (unpaired) electrons. The molecule has 0 aliphatic heterocycles. The summed E-state index contributed by atoms with van der Waals surface area (Å²) < 4.78 is 63.1. The van der Waals surface area contributed by atoms with Crippen LogP contribution in [0.3, 0.4) is 0 Å². The van der Waals surface area contributed by atoms with Crippen molar-refractivity contribution in [3.63, 3.8) is 0 Å². The zero-order valence-electron chi connectivity index (χ0n) is 34.0. The van der Waals surface area contributed by atoms with Crippen molar-refractivity contribution in [1.82, 2.24) is 14.5 Å². The van der Waals surface area contributed by atoms with Crippen molar-refractivity contribution < 1.29 is 32.7 Å². The molecule has 50 heavy (non-hydrogen) atoms. The molecule has 8 aromatic rings. The first-order valence-corrected chi connectivity index (χ1v) is 17.1. The van der Waals surface area contributed by atoms with Gasteiger partial charge in [0.2, 0.25) is 0 Å². The minimum absolute atomic E-state index is 0. The minimum atomic E-state index is -2.50. The van der Waals surface area contributed by atoms with Crippen LogP contribution >= 0.6 is 11.3 Å².